The molecule has 1 aromatic rings. The molecule has 2 N–H and O–H groups in total. The molecule has 0 bridgehead atoms. The summed E-state index contributed by atoms with van der Waals surface area (Å²) in [5.41, 5.74) is 0.0469. The lowest BCUT2D eigenvalue weighted by molar-refractivity contribution is -0.131. The third-order valence-corrected chi connectivity index (χ3v) is 6.12. The second-order valence-corrected chi connectivity index (χ2v) is 8.23. The average molecular weight is 441 g/mol. The Kier molecular flexibility index (Phi) is 8.30. The number of urea groups is 1. The van der Waals surface area contributed by atoms with E-state index in [1.165, 1.54) is 12.1 Å². The lowest BCUT2D eigenvalue weighted by atomic mass is 9.98. The molecule has 3 rings (SSSR count). The number of anilines is 1. The monoisotopic (exact) mass is 440 g/mol. The van der Waals surface area contributed by atoms with E-state index in [-0.39, 0.29) is 22.7 Å². The molecule has 0 aliphatic carbocycles. The quantitative estimate of drug-likeness (QED) is 0.712. The van der Waals surface area contributed by atoms with Crippen LogP contribution in [0, 0.1) is 5.82 Å². The van der Waals surface area contributed by atoms with Gasteiger partial charge in [-0.05, 0) is 37.8 Å². The Balaban J connectivity index is 1.57. The number of hydrogen-bond donors (Lipinski definition) is 2. The Labute approximate surface area is 181 Å². The maximum atomic E-state index is 14.0. The minimum Gasteiger partial charge on any atom is -0.381 e. The van der Waals surface area contributed by atoms with Crippen molar-refractivity contribution in [2.75, 3.05) is 44.7 Å². The van der Waals surface area contributed by atoms with E-state index in [0.29, 0.717) is 25.7 Å². The zero-order valence-corrected chi connectivity index (χ0v) is 18.1. The molecule has 9 heteroatoms. The van der Waals surface area contributed by atoms with Crippen molar-refractivity contribution in [1.29, 1.82) is 0 Å². The lowest BCUT2D eigenvalue weighted by Crippen LogP contribution is -2.55. The fraction of sp³-hybridized carbons (Fsp3) is 0.619. The third-order valence-electron chi connectivity index (χ3n) is 5.83. The van der Waals surface area contributed by atoms with Crippen LogP contribution < -0.4 is 10.6 Å². The van der Waals surface area contributed by atoms with Crippen molar-refractivity contribution in [3.05, 3.63) is 29.0 Å². The predicted octanol–water partition coefficient (Wildman–Crippen LogP) is 3.09. The van der Waals surface area contributed by atoms with Gasteiger partial charge >= 0.3 is 6.03 Å². The molecule has 1 aromatic carbocycles. The van der Waals surface area contributed by atoms with E-state index in [2.05, 4.69) is 15.5 Å². The summed E-state index contributed by atoms with van der Waals surface area (Å²) >= 11 is 5.76. The summed E-state index contributed by atoms with van der Waals surface area (Å²) in [6.45, 7) is 5.67. The van der Waals surface area contributed by atoms with Gasteiger partial charge in [0.05, 0.1) is 10.7 Å². The van der Waals surface area contributed by atoms with E-state index in [9.17, 15) is 14.0 Å². The van der Waals surface area contributed by atoms with Crippen LogP contribution in [0.15, 0.2) is 18.2 Å². The highest BCUT2D eigenvalue weighted by Gasteiger charge is 2.31. The SMILES string of the molecule is CC(=O)N1CCCC(N(CCNC(=O)Nc2cccc(Cl)c2F)C2CCOCC2)C1. The number of ether oxygens (including phenoxy) is 1. The minimum absolute atomic E-state index is 0.0363. The molecule has 1 atom stereocenters. The van der Waals surface area contributed by atoms with Crippen molar-refractivity contribution in [2.45, 2.75) is 44.7 Å². The molecule has 2 fully saturated rings. The van der Waals surface area contributed by atoms with Gasteiger partial charge in [0.15, 0.2) is 5.82 Å². The zero-order valence-electron chi connectivity index (χ0n) is 17.3. The van der Waals surface area contributed by atoms with Crippen LogP contribution in [0.1, 0.15) is 32.6 Å². The first-order valence-electron chi connectivity index (χ1n) is 10.5. The predicted molar refractivity (Wildman–Crippen MR) is 114 cm³/mol. The average Bonchev–Trinajstić information content (AvgIpc) is 2.75. The van der Waals surface area contributed by atoms with Crippen molar-refractivity contribution in [3.8, 4) is 0 Å². The molecule has 0 spiro atoms. The highest BCUT2D eigenvalue weighted by molar-refractivity contribution is 6.31. The van der Waals surface area contributed by atoms with Crippen LogP contribution in [-0.4, -0.2) is 73.2 Å². The van der Waals surface area contributed by atoms with Crippen LogP contribution in [-0.2, 0) is 9.53 Å². The Morgan fingerprint density at radius 1 is 1.27 bits per heavy atom. The van der Waals surface area contributed by atoms with Gasteiger partial charge in [-0.2, -0.15) is 0 Å². The molecule has 166 valence electrons. The second kappa shape index (κ2) is 10.9. The number of rotatable bonds is 6. The molecule has 0 saturated carbocycles. The Hall–Kier alpha value is -1.90. The fourth-order valence-electron chi connectivity index (χ4n) is 4.26. The van der Waals surface area contributed by atoms with Crippen LogP contribution in [0.25, 0.3) is 0 Å². The first kappa shape index (κ1) is 22.8. The lowest BCUT2D eigenvalue weighted by Gasteiger charge is -2.44. The number of likely N-dealkylation sites (tertiary alicyclic amines) is 1. The van der Waals surface area contributed by atoms with Gasteiger partial charge in [-0.3, -0.25) is 9.69 Å². The van der Waals surface area contributed by atoms with E-state index in [0.717, 1.165) is 45.4 Å². The summed E-state index contributed by atoms with van der Waals surface area (Å²) in [5.74, 6) is -0.544. The van der Waals surface area contributed by atoms with Gasteiger partial charge in [-0.1, -0.05) is 17.7 Å². The summed E-state index contributed by atoms with van der Waals surface area (Å²) < 4.78 is 19.5. The first-order chi connectivity index (χ1) is 14.5. The van der Waals surface area contributed by atoms with Gasteiger partial charge < -0.3 is 20.3 Å². The highest BCUT2D eigenvalue weighted by atomic mass is 35.5. The first-order valence-corrected chi connectivity index (χ1v) is 10.9. The normalized spacial score (nSPS) is 20.3. The second-order valence-electron chi connectivity index (χ2n) is 7.82. The molecule has 1 unspecified atom stereocenters. The molecule has 0 aromatic heterocycles. The van der Waals surface area contributed by atoms with Crippen LogP contribution >= 0.6 is 11.6 Å². The maximum absolute atomic E-state index is 14.0. The number of hydrogen-bond acceptors (Lipinski definition) is 4. The smallest absolute Gasteiger partial charge is 0.319 e. The molecular weight excluding hydrogens is 411 g/mol. The Bertz CT molecular complexity index is 745. The standard InChI is InChI=1S/C21H30ClFN4O3/c1-15(28)26-10-3-4-17(14-26)27(16-7-12-30-13-8-16)11-9-24-21(29)25-19-6-2-5-18(22)20(19)23/h2,5-6,16-17H,3-4,7-14H2,1H3,(H2,24,25,29). The molecule has 2 heterocycles. The number of nitrogens with zero attached hydrogens (tertiary/aromatic N) is 2. The molecule has 2 saturated heterocycles. The van der Waals surface area contributed by atoms with Crippen molar-refractivity contribution in [2.24, 2.45) is 0 Å². The fourth-order valence-corrected chi connectivity index (χ4v) is 4.43. The van der Waals surface area contributed by atoms with Crippen molar-refractivity contribution < 1.29 is 18.7 Å². The van der Waals surface area contributed by atoms with Gasteiger partial charge in [0.1, 0.15) is 0 Å². The van der Waals surface area contributed by atoms with E-state index in [1.807, 2.05) is 4.90 Å². The summed E-state index contributed by atoms with van der Waals surface area (Å²) in [4.78, 5) is 28.4. The summed E-state index contributed by atoms with van der Waals surface area (Å²) in [6, 6.07) is 4.63. The number of carbonyl (C=O) groups is 2. The van der Waals surface area contributed by atoms with E-state index in [1.54, 1.807) is 13.0 Å². The summed E-state index contributed by atoms with van der Waals surface area (Å²) in [7, 11) is 0. The Morgan fingerprint density at radius 3 is 2.77 bits per heavy atom. The molecule has 0 radical (unpaired) electrons. The molecule has 3 amide bonds. The van der Waals surface area contributed by atoms with Crippen molar-refractivity contribution in [1.82, 2.24) is 15.1 Å². The van der Waals surface area contributed by atoms with E-state index >= 15 is 0 Å². The number of carbonyl (C=O) groups excluding carboxylic acids is 2. The van der Waals surface area contributed by atoms with Crippen LogP contribution in [0.4, 0.5) is 14.9 Å². The number of nitrogens with one attached hydrogen (secondary N) is 2. The number of amides is 3. The van der Waals surface area contributed by atoms with E-state index < -0.39 is 11.8 Å². The van der Waals surface area contributed by atoms with Crippen molar-refractivity contribution >= 4 is 29.2 Å². The molecule has 2 aliphatic heterocycles. The minimum atomic E-state index is -0.648. The van der Waals surface area contributed by atoms with Crippen LogP contribution in [0.5, 0.6) is 0 Å². The highest BCUT2D eigenvalue weighted by Crippen LogP contribution is 2.24. The largest absolute Gasteiger partial charge is 0.381 e. The van der Waals surface area contributed by atoms with Gasteiger partial charge in [0.25, 0.3) is 0 Å². The Morgan fingerprint density at radius 2 is 2.03 bits per heavy atom. The summed E-state index contributed by atoms with van der Waals surface area (Å²) in [6.07, 6.45) is 3.89. The number of benzene rings is 1. The van der Waals surface area contributed by atoms with E-state index in [4.69, 9.17) is 16.3 Å². The van der Waals surface area contributed by atoms with Crippen molar-refractivity contribution in [3.63, 3.8) is 0 Å². The summed E-state index contributed by atoms with van der Waals surface area (Å²) in [5, 5.41) is 5.28. The van der Waals surface area contributed by atoms with Crippen LogP contribution in [0.2, 0.25) is 5.02 Å². The molecule has 7 nitrogen and oxygen atoms in total. The molecule has 30 heavy (non-hydrogen) atoms. The topological polar surface area (TPSA) is 73.9 Å². The van der Waals surface area contributed by atoms with Gasteiger partial charge in [-0.25, -0.2) is 9.18 Å². The number of piperidine rings is 1. The third kappa shape index (κ3) is 6.06. The molecule has 2 aliphatic rings. The number of halogens is 2. The zero-order chi connectivity index (χ0) is 21.5. The van der Waals surface area contributed by atoms with Gasteiger partial charge in [0, 0.05) is 58.4 Å². The van der Waals surface area contributed by atoms with Gasteiger partial charge in [0.2, 0.25) is 5.91 Å². The molecular formula is C21H30ClFN4O3. The van der Waals surface area contributed by atoms with Gasteiger partial charge in [-0.15, -0.1) is 0 Å². The maximum Gasteiger partial charge on any atom is 0.319 e. The van der Waals surface area contributed by atoms with Crippen LogP contribution in [0.3, 0.4) is 0 Å².